The van der Waals surface area contributed by atoms with Crippen LogP contribution in [0.25, 0.3) is 0 Å². The Morgan fingerprint density at radius 2 is 1.87 bits per heavy atom. The number of Topliss-reactive ketones (excluding diaryl/α,β-unsaturated/α-hetero) is 1. The first-order chi connectivity index (χ1) is 14.8. The third-order valence-corrected chi connectivity index (χ3v) is 4.89. The van der Waals surface area contributed by atoms with Crippen LogP contribution in [0.1, 0.15) is 55.7 Å². The minimum Gasteiger partial charge on any atom is -0.503 e. The van der Waals surface area contributed by atoms with Crippen molar-refractivity contribution >= 4 is 23.3 Å². The van der Waals surface area contributed by atoms with E-state index < -0.39 is 23.7 Å². The van der Waals surface area contributed by atoms with E-state index in [-0.39, 0.29) is 23.7 Å². The number of rotatable bonds is 8. The summed E-state index contributed by atoms with van der Waals surface area (Å²) >= 11 is 0. The number of ketones is 1. The van der Waals surface area contributed by atoms with Crippen molar-refractivity contribution in [3.05, 3.63) is 71.3 Å². The van der Waals surface area contributed by atoms with Crippen molar-refractivity contribution in [3.8, 4) is 0 Å². The largest absolute Gasteiger partial charge is 0.503 e. The molecule has 2 heterocycles. The number of hydrogen-bond acceptors (Lipinski definition) is 6. The van der Waals surface area contributed by atoms with E-state index in [1.54, 1.807) is 48.7 Å². The molecular formula is C24H26N2O5. The Hall–Kier alpha value is -3.48. The van der Waals surface area contributed by atoms with Crippen LogP contribution in [0.2, 0.25) is 0 Å². The van der Waals surface area contributed by atoms with Gasteiger partial charge in [0, 0.05) is 18.3 Å². The molecule has 0 radical (unpaired) electrons. The van der Waals surface area contributed by atoms with Crippen LogP contribution in [0.3, 0.4) is 0 Å². The highest BCUT2D eigenvalue weighted by atomic mass is 16.5. The number of benzene rings is 1. The third-order valence-electron chi connectivity index (χ3n) is 4.89. The van der Waals surface area contributed by atoms with Gasteiger partial charge in [0.25, 0.3) is 5.91 Å². The lowest BCUT2D eigenvalue weighted by Crippen LogP contribution is -2.31. The van der Waals surface area contributed by atoms with Gasteiger partial charge >= 0.3 is 5.97 Å². The molecule has 3 rings (SSSR count). The predicted molar refractivity (Wildman–Crippen MR) is 116 cm³/mol. The standard InChI is InChI=1S/C24H26N2O5/c1-4-13-31-24(30)16-8-10-17(11-9-16)26-21(18-7-5-6-12-25-18)20(22(28)23(26)29)19(27)14-15(2)3/h5-12,15,21,28H,4,13-14H2,1-3H3. The number of esters is 1. The molecule has 0 bridgehead atoms. The lowest BCUT2D eigenvalue weighted by atomic mass is 9.94. The Morgan fingerprint density at radius 1 is 1.16 bits per heavy atom. The normalized spacial score (nSPS) is 16.2. The molecule has 1 aromatic heterocycles. The summed E-state index contributed by atoms with van der Waals surface area (Å²) < 4.78 is 5.13. The van der Waals surface area contributed by atoms with E-state index in [1.165, 1.54) is 4.90 Å². The minimum absolute atomic E-state index is 0.0452. The van der Waals surface area contributed by atoms with Gasteiger partial charge in [0.15, 0.2) is 11.5 Å². The number of aliphatic hydroxyl groups excluding tert-OH is 1. The fourth-order valence-electron chi connectivity index (χ4n) is 3.49. The van der Waals surface area contributed by atoms with Gasteiger partial charge in [0.1, 0.15) is 6.04 Å². The number of ether oxygens (including phenoxy) is 1. The average molecular weight is 422 g/mol. The molecule has 162 valence electrons. The van der Waals surface area contributed by atoms with Crippen molar-refractivity contribution in [1.29, 1.82) is 0 Å². The average Bonchev–Trinajstić information content (AvgIpc) is 3.03. The van der Waals surface area contributed by atoms with E-state index in [0.717, 1.165) is 6.42 Å². The molecular weight excluding hydrogens is 396 g/mol. The molecule has 31 heavy (non-hydrogen) atoms. The SMILES string of the molecule is CCCOC(=O)c1ccc(N2C(=O)C(O)=C(C(=O)CC(C)C)C2c2ccccn2)cc1. The monoisotopic (exact) mass is 422 g/mol. The van der Waals surface area contributed by atoms with Crippen molar-refractivity contribution in [3.63, 3.8) is 0 Å². The summed E-state index contributed by atoms with van der Waals surface area (Å²) in [5.74, 6) is -1.92. The Labute approximate surface area is 181 Å². The van der Waals surface area contributed by atoms with Crippen LogP contribution in [-0.4, -0.2) is 34.4 Å². The van der Waals surface area contributed by atoms with Crippen LogP contribution >= 0.6 is 0 Å². The highest BCUT2D eigenvalue weighted by Gasteiger charge is 2.44. The second-order valence-electron chi connectivity index (χ2n) is 7.80. The van der Waals surface area contributed by atoms with Crippen molar-refractivity contribution in [2.75, 3.05) is 11.5 Å². The molecule has 0 spiro atoms. The van der Waals surface area contributed by atoms with E-state index >= 15 is 0 Å². The number of carbonyl (C=O) groups is 3. The number of hydrogen-bond donors (Lipinski definition) is 1. The molecule has 0 aliphatic carbocycles. The van der Waals surface area contributed by atoms with Gasteiger partial charge in [0.2, 0.25) is 0 Å². The zero-order valence-corrected chi connectivity index (χ0v) is 17.9. The fraction of sp³-hybridized carbons (Fsp3) is 0.333. The van der Waals surface area contributed by atoms with Crippen LogP contribution in [0.15, 0.2) is 60.0 Å². The smallest absolute Gasteiger partial charge is 0.338 e. The van der Waals surface area contributed by atoms with Gasteiger partial charge in [-0.1, -0.05) is 26.8 Å². The van der Waals surface area contributed by atoms with E-state index in [1.807, 2.05) is 20.8 Å². The first-order valence-corrected chi connectivity index (χ1v) is 10.3. The Bertz CT molecular complexity index is 996. The molecule has 2 aromatic rings. The maximum Gasteiger partial charge on any atom is 0.338 e. The molecule has 1 aliphatic heterocycles. The molecule has 1 atom stereocenters. The van der Waals surface area contributed by atoms with Crippen molar-refractivity contribution in [2.24, 2.45) is 5.92 Å². The number of aromatic nitrogens is 1. The van der Waals surface area contributed by atoms with Gasteiger partial charge in [0.05, 0.1) is 23.4 Å². The zero-order valence-electron chi connectivity index (χ0n) is 17.9. The lowest BCUT2D eigenvalue weighted by Gasteiger charge is -2.26. The van der Waals surface area contributed by atoms with E-state index in [4.69, 9.17) is 4.74 Å². The molecule has 0 saturated heterocycles. The Kier molecular flexibility index (Phi) is 6.84. The molecule has 1 N–H and O–H groups in total. The molecule has 0 fully saturated rings. The lowest BCUT2D eigenvalue weighted by molar-refractivity contribution is -0.118. The van der Waals surface area contributed by atoms with Crippen molar-refractivity contribution in [1.82, 2.24) is 4.98 Å². The van der Waals surface area contributed by atoms with E-state index in [2.05, 4.69) is 4.98 Å². The molecule has 0 saturated carbocycles. The first-order valence-electron chi connectivity index (χ1n) is 10.3. The maximum atomic E-state index is 13.0. The van der Waals surface area contributed by atoms with Crippen LogP contribution in [-0.2, 0) is 14.3 Å². The van der Waals surface area contributed by atoms with Crippen LogP contribution in [0.5, 0.6) is 0 Å². The maximum absolute atomic E-state index is 13.0. The first kappa shape index (κ1) is 22.2. The van der Waals surface area contributed by atoms with Crippen LogP contribution in [0.4, 0.5) is 5.69 Å². The van der Waals surface area contributed by atoms with E-state index in [0.29, 0.717) is 23.6 Å². The second-order valence-corrected chi connectivity index (χ2v) is 7.80. The summed E-state index contributed by atoms with van der Waals surface area (Å²) in [6, 6.07) is 10.7. The van der Waals surface area contributed by atoms with Crippen molar-refractivity contribution < 1.29 is 24.2 Å². The molecule has 1 aliphatic rings. The number of pyridine rings is 1. The van der Waals surface area contributed by atoms with Crippen molar-refractivity contribution in [2.45, 2.75) is 39.7 Å². The highest BCUT2D eigenvalue weighted by molar-refractivity contribution is 6.16. The number of amides is 1. The summed E-state index contributed by atoms with van der Waals surface area (Å²) in [4.78, 5) is 43.7. The number of carbonyl (C=O) groups excluding carboxylic acids is 3. The summed E-state index contributed by atoms with van der Waals surface area (Å²) in [7, 11) is 0. The van der Waals surface area contributed by atoms with Gasteiger partial charge in [-0.2, -0.15) is 0 Å². The Morgan fingerprint density at radius 3 is 2.45 bits per heavy atom. The second kappa shape index (κ2) is 9.55. The summed E-state index contributed by atoms with van der Waals surface area (Å²) in [5.41, 5.74) is 1.31. The number of anilines is 1. The minimum atomic E-state index is -0.849. The molecule has 1 amide bonds. The molecule has 1 unspecified atom stereocenters. The zero-order chi connectivity index (χ0) is 22.5. The molecule has 7 nitrogen and oxygen atoms in total. The number of aliphatic hydroxyl groups is 1. The van der Waals surface area contributed by atoms with Gasteiger partial charge in [-0.25, -0.2) is 4.79 Å². The summed E-state index contributed by atoms with van der Waals surface area (Å²) in [6.07, 6.45) is 2.49. The van der Waals surface area contributed by atoms with E-state index in [9.17, 15) is 19.5 Å². The fourth-order valence-corrected chi connectivity index (χ4v) is 3.49. The van der Waals surface area contributed by atoms with Gasteiger partial charge in [-0.05, 0) is 48.7 Å². The van der Waals surface area contributed by atoms with Gasteiger partial charge in [-0.15, -0.1) is 0 Å². The highest BCUT2D eigenvalue weighted by Crippen LogP contribution is 2.40. The van der Waals surface area contributed by atoms with Gasteiger partial charge < -0.3 is 9.84 Å². The topological polar surface area (TPSA) is 96.8 Å². The number of nitrogens with zero attached hydrogens (tertiary/aromatic N) is 2. The molecule has 1 aromatic carbocycles. The summed E-state index contributed by atoms with van der Waals surface area (Å²) in [5, 5.41) is 10.6. The summed E-state index contributed by atoms with van der Waals surface area (Å²) in [6.45, 7) is 6.03. The molecule has 7 heteroatoms. The predicted octanol–water partition coefficient (Wildman–Crippen LogP) is 4.16. The van der Waals surface area contributed by atoms with Crippen LogP contribution < -0.4 is 4.90 Å². The quantitative estimate of drug-likeness (QED) is 0.642. The Balaban J connectivity index is 2.00. The van der Waals surface area contributed by atoms with Crippen LogP contribution in [0, 0.1) is 5.92 Å². The third kappa shape index (κ3) is 4.66. The van der Waals surface area contributed by atoms with Gasteiger partial charge in [-0.3, -0.25) is 19.5 Å².